The van der Waals surface area contributed by atoms with Gasteiger partial charge in [-0.15, -0.1) is 0 Å². The molecule has 0 unspecified atom stereocenters. The van der Waals surface area contributed by atoms with Crippen molar-refractivity contribution in [3.05, 3.63) is 24.0 Å². The molecule has 3 heterocycles. The fraction of sp³-hybridized carbons (Fsp3) is 0.667. The predicted molar refractivity (Wildman–Crippen MR) is 89.0 cm³/mol. The van der Waals surface area contributed by atoms with Crippen LogP contribution in [0, 0.1) is 0 Å². The van der Waals surface area contributed by atoms with E-state index in [1.807, 2.05) is 32.4 Å². The summed E-state index contributed by atoms with van der Waals surface area (Å²) in [5, 5.41) is 8.60. The molecule has 132 valence electrons. The summed E-state index contributed by atoms with van der Waals surface area (Å²) in [7, 11) is -3.64. The SMILES string of the molecule is CC(C)c1nc2n(n1)CCC[C@@H]2NS(=O)(=O)c1cnn(C(C)C)c1. The smallest absolute Gasteiger partial charge is 0.244 e. The van der Waals surface area contributed by atoms with Crippen molar-refractivity contribution in [3.63, 3.8) is 0 Å². The molecule has 0 fully saturated rings. The first-order valence-electron chi connectivity index (χ1n) is 8.29. The molecule has 1 aliphatic heterocycles. The van der Waals surface area contributed by atoms with Gasteiger partial charge in [0.05, 0.1) is 12.2 Å². The first kappa shape index (κ1) is 17.1. The molecule has 2 aromatic rings. The zero-order chi connectivity index (χ0) is 17.5. The van der Waals surface area contributed by atoms with Crippen molar-refractivity contribution in [3.8, 4) is 0 Å². The van der Waals surface area contributed by atoms with Crippen LogP contribution in [0.25, 0.3) is 0 Å². The molecule has 3 rings (SSSR count). The molecule has 0 saturated carbocycles. The van der Waals surface area contributed by atoms with E-state index in [9.17, 15) is 8.42 Å². The maximum atomic E-state index is 12.7. The summed E-state index contributed by atoms with van der Waals surface area (Å²) in [6, 6.07) is -0.244. The summed E-state index contributed by atoms with van der Waals surface area (Å²) in [4.78, 5) is 4.72. The first-order chi connectivity index (χ1) is 11.3. The van der Waals surface area contributed by atoms with Crippen molar-refractivity contribution in [2.45, 2.75) is 70.0 Å². The maximum Gasteiger partial charge on any atom is 0.244 e. The van der Waals surface area contributed by atoms with Crippen LogP contribution in [0.1, 0.15) is 70.2 Å². The Bertz CT molecular complexity index is 821. The van der Waals surface area contributed by atoms with Gasteiger partial charge < -0.3 is 0 Å². The van der Waals surface area contributed by atoms with Gasteiger partial charge in [-0.05, 0) is 26.7 Å². The second-order valence-corrected chi connectivity index (χ2v) is 8.49. The fourth-order valence-corrected chi connectivity index (χ4v) is 3.89. The van der Waals surface area contributed by atoms with E-state index in [4.69, 9.17) is 0 Å². The number of nitrogens with one attached hydrogen (secondary N) is 1. The van der Waals surface area contributed by atoms with Gasteiger partial charge in [0.2, 0.25) is 10.0 Å². The summed E-state index contributed by atoms with van der Waals surface area (Å²) in [6.45, 7) is 8.74. The van der Waals surface area contributed by atoms with Crippen LogP contribution >= 0.6 is 0 Å². The summed E-state index contributed by atoms with van der Waals surface area (Å²) < 4.78 is 31.6. The number of fused-ring (bicyclic) bond motifs is 1. The topological polar surface area (TPSA) is 94.7 Å². The van der Waals surface area contributed by atoms with Crippen molar-refractivity contribution in [2.24, 2.45) is 0 Å². The van der Waals surface area contributed by atoms with Crippen molar-refractivity contribution < 1.29 is 8.42 Å². The van der Waals surface area contributed by atoms with Gasteiger partial charge in [-0.3, -0.25) is 4.68 Å². The summed E-state index contributed by atoms with van der Waals surface area (Å²) in [5.74, 6) is 1.66. The third-order valence-electron chi connectivity index (χ3n) is 4.12. The Kier molecular flexibility index (Phi) is 4.48. The number of hydrogen-bond acceptors (Lipinski definition) is 5. The molecule has 9 heteroatoms. The van der Waals surface area contributed by atoms with E-state index in [2.05, 4.69) is 19.9 Å². The van der Waals surface area contributed by atoms with E-state index >= 15 is 0 Å². The number of hydrogen-bond donors (Lipinski definition) is 1. The molecule has 0 aliphatic carbocycles. The van der Waals surface area contributed by atoms with Crippen LogP contribution in [0.4, 0.5) is 0 Å². The largest absolute Gasteiger partial charge is 0.269 e. The third-order valence-corrected chi connectivity index (χ3v) is 5.55. The maximum absolute atomic E-state index is 12.7. The van der Waals surface area contributed by atoms with Gasteiger partial charge in [0.25, 0.3) is 0 Å². The van der Waals surface area contributed by atoms with Gasteiger partial charge in [-0.2, -0.15) is 10.2 Å². The highest BCUT2D eigenvalue weighted by Gasteiger charge is 2.30. The van der Waals surface area contributed by atoms with Crippen LogP contribution in [-0.4, -0.2) is 33.0 Å². The number of sulfonamides is 1. The van der Waals surface area contributed by atoms with Crippen LogP contribution < -0.4 is 4.72 Å². The number of nitrogens with zero attached hydrogens (tertiary/aromatic N) is 5. The van der Waals surface area contributed by atoms with Crippen LogP contribution in [0.3, 0.4) is 0 Å². The molecule has 1 aliphatic rings. The standard InChI is InChI=1S/C15H24N6O2S/c1-10(2)14-17-15-13(6-5-7-20(15)18-14)19-24(22,23)12-8-16-21(9-12)11(3)4/h8-11,13,19H,5-7H2,1-4H3/t13-/m0/s1. The Morgan fingerprint density at radius 1 is 1.29 bits per heavy atom. The Morgan fingerprint density at radius 2 is 2.04 bits per heavy atom. The lowest BCUT2D eigenvalue weighted by molar-refractivity contribution is 0.399. The highest BCUT2D eigenvalue weighted by molar-refractivity contribution is 7.89. The van der Waals surface area contributed by atoms with Gasteiger partial charge in [0.15, 0.2) is 5.82 Å². The van der Waals surface area contributed by atoms with Crippen molar-refractivity contribution >= 4 is 10.0 Å². The van der Waals surface area contributed by atoms with E-state index in [1.54, 1.807) is 10.9 Å². The van der Waals surface area contributed by atoms with E-state index < -0.39 is 10.0 Å². The molecule has 0 amide bonds. The van der Waals surface area contributed by atoms with E-state index in [-0.39, 0.29) is 22.9 Å². The molecule has 0 aromatic carbocycles. The molecule has 0 spiro atoms. The van der Waals surface area contributed by atoms with Gasteiger partial charge in [-0.25, -0.2) is 22.8 Å². The lowest BCUT2D eigenvalue weighted by atomic mass is 10.1. The van der Waals surface area contributed by atoms with Crippen LogP contribution in [0.15, 0.2) is 17.3 Å². The van der Waals surface area contributed by atoms with Gasteiger partial charge in [0.1, 0.15) is 10.7 Å². The quantitative estimate of drug-likeness (QED) is 0.888. The minimum absolute atomic E-state index is 0.111. The molecule has 1 N–H and O–H groups in total. The molecule has 24 heavy (non-hydrogen) atoms. The minimum Gasteiger partial charge on any atom is -0.269 e. The fourth-order valence-electron chi connectivity index (χ4n) is 2.72. The van der Waals surface area contributed by atoms with Crippen LogP contribution in [0.2, 0.25) is 0 Å². The third kappa shape index (κ3) is 3.23. The highest BCUT2D eigenvalue weighted by Crippen LogP contribution is 2.26. The van der Waals surface area contributed by atoms with E-state index in [0.717, 1.165) is 18.8 Å². The number of aromatic nitrogens is 5. The zero-order valence-electron chi connectivity index (χ0n) is 14.5. The summed E-state index contributed by atoms with van der Waals surface area (Å²) >= 11 is 0. The lowest BCUT2D eigenvalue weighted by Gasteiger charge is -2.22. The second-order valence-electron chi connectivity index (χ2n) is 6.77. The minimum atomic E-state index is -3.64. The van der Waals surface area contributed by atoms with Crippen molar-refractivity contribution in [1.82, 2.24) is 29.3 Å². The van der Waals surface area contributed by atoms with E-state index in [1.165, 1.54) is 6.20 Å². The van der Waals surface area contributed by atoms with Crippen LogP contribution in [-0.2, 0) is 16.6 Å². The Labute approximate surface area is 142 Å². The zero-order valence-corrected chi connectivity index (χ0v) is 15.3. The first-order valence-corrected chi connectivity index (χ1v) is 9.77. The van der Waals surface area contributed by atoms with Crippen molar-refractivity contribution in [2.75, 3.05) is 0 Å². The summed E-state index contributed by atoms with van der Waals surface area (Å²) in [6.07, 6.45) is 4.52. The molecule has 0 radical (unpaired) electrons. The molecular weight excluding hydrogens is 328 g/mol. The Morgan fingerprint density at radius 3 is 2.67 bits per heavy atom. The average Bonchev–Trinajstić information content (AvgIpc) is 3.15. The summed E-state index contributed by atoms with van der Waals surface area (Å²) in [5.41, 5.74) is 0. The molecule has 1 atom stereocenters. The highest BCUT2D eigenvalue weighted by atomic mass is 32.2. The van der Waals surface area contributed by atoms with E-state index in [0.29, 0.717) is 12.2 Å². The predicted octanol–water partition coefficient (Wildman–Crippen LogP) is 1.99. The molecule has 2 aromatic heterocycles. The van der Waals surface area contributed by atoms with Crippen molar-refractivity contribution in [1.29, 1.82) is 0 Å². The number of rotatable bonds is 5. The normalized spacial score (nSPS) is 18.3. The monoisotopic (exact) mass is 352 g/mol. The lowest BCUT2D eigenvalue weighted by Crippen LogP contribution is -2.33. The molecule has 0 saturated heterocycles. The second kappa shape index (κ2) is 6.29. The van der Waals surface area contributed by atoms with Gasteiger partial charge in [0, 0.05) is 24.7 Å². The molecular formula is C15H24N6O2S. The number of aryl methyl sites for hydroxylation is 1. The Balaban J connectivity index is 1.86. The van der Waals surface area contributed by atoms with Crippen LogP contribution in [0.5, 0.6) is 0 Å². The molecule has 8 nitrogen and oxygen atoms in total. The Hall–Kier alpha value is -1.74. The van der Waals surface area contributed by atoms with Gasteiger partial charge in [-0.1, -0.05) is 13.8 Å². The average molecular weight is 352 g/mol. The van der Waals surface area contributed by atoms with Gasteiger partial charge >= 0.3 is 0 Å². The molecule has 0 bridgehead atoms.